The fourth-order valence-corrected chi connectivity index (χ4v) is 3.35. The van der Waals surface area contributed by atoms with E-state index in [1.54, 1.807) is 13.8 Å². The van der Waals surface area contributed by atoms with Crippen molar-refractivity contribution in [1.29, 1.82) is 0 Å². The second-order valence-electron chi connectivity index (χ2n) is 7.11. The number of carboxylic acids is 1. The van der Waals surface area contributed by atoms with Gasteiger partial charge in [0.2, 0.25) is 0 Å². The molecule has 0 fully saturated rings. The van der Waals surface area contributed by atoms with E-state index in [2.05, 4.69) is 16.0 Å². The highest BCUT2D eigenvalue weighted by Gasteiger charge is 2.50. The SMILES string of the molecule is CC1(C)CCC=C(OS(=O)(=O)C(F)(F)F)C1/C=C/C#Cc1ccc(C(=O)O)cc1. The zero-order chi connectivity index (χ0) is 21.9. The zero-order valence-corrected chi connectivity index (χ0v) is 16.5. The summed E-state index contributed by atoms with van der Waals surface area (Å²) >= 11 is 0. The van der Waals surface area contributed by atoms with E-state index in [4.69, 9.17) is 5.11 Å². The lowest BCUT2D eigenvalue weighted by Gasteiger charge is -2.36. The van der Waals surface area contributed by atoms with Crippen molar-refractivity contribution in [1.82, 2.24) is 0 Å². The number of hydrogen-bond donors (Lipinski definition) is 1. The molecule has 0 aliphatic heterocycles. The maximum atomic E-state index is 12.7. The summed E-state index contributed by atoms with van der Waals surface area (Å²) in [4.78, 5) is 10.8. The van der Waals surface area contributed by atoms with Crippen LogP contribution >= 0.6 is 0 Å². The van der Waals surface area contributed by atoms with Crippen LogP contribution in [0.2, 0.25) is 0 Å². The van der Waals surface area contributed by atoms with E-state index in [1.165, 1.54) is 42.5 Å². The number of allylic oxidation sites excluding steroid dienone is 3. The third-order valence-corrected chi connectivity index (χ3v) is 5.47. The van der Waals surface area contributed by atoms with Crippen LogP contribution in [0, 0.1) is 23.2 Å². The summed E-state index contributed by atoms with van der Waals surface area (Å²) in [7, 11) is -5.75. The minimum Gasteiger partial charge on any atom is -0.478 e. The minimum atomic E-state index is -5.75. The highest BCUT2D eigenvalue weighted by atomic mass is 32.2. The molecule has 0 spiro atoms. The third kappa shape index (κ3) is 5.64. The first-order valence-electron chi connectivity index (χ1n) is 8.56. The molecule has 29 heavy (non-hydrogen) atoms. The number of aromatic carboxylic acids is 1. The second kappa shape index (κ2) is 8.33. The molecular weight excluding hydrogens is 409 g/mol. The Balaban J connectivity index is 2.22. The van der Waals surface area contributed by atoms with Crippen molar-refractivity contribution in [3.8, 4) is 11.8 Å². The lowest BCUT2D eigenvalue weighted by Crippen LogP contribution is -2.32. The molecule has 0 saturated carbocycles. The first-order chi connectivity index (χ1) is 13.3. The van der Waals surface area contributed by atoms with Crippen molar-refractivity contribution in [3.63, 3.8) is 0 Å². The van der Waals surface area contributed by atoms with Crippen molar-refractivity contribution in [3.05, 3.63) is 59.4 Å². The first-order valence-corrected chi connectivity index (χ1v) is 9.97. The summed E-state index contributed by atoms with van der Waals surface area (Å²) in [6, 6.07) is 5.85. The van der Waals surface area contributed by atoms with Gasteiger partial charge in [0.25, 0.3) is 0 Å². The van der Waals surface area contributed by atoms with Crippen molar-refractivity contribution >= 4 is 16.1 Å². The normalized spacial score (nSPS) is 19.2. The number of alkyl halides is 3. The summed E-state index contributed by atoms with van der Waals surface area (Å²) in [5, 5.41) is 8.86. The largest absolute Gasteiger partial charge is 0.534 e. The van der Waals surface area contributed by atoms with Gasteiger partial charge in [-0.2, -0.15) is 21.6 Å². The highest BCUT2D eigenvalue weighted by molar-refractivity contribution is 7.87. The predicted octanol–water partition coefficient (Wildman–Crippen LogP) is 4.48. The van der Waals surface area contributed by atoms with Gasteiger partial charge < -0.3 is 9.29 Å². The first kappa shape index (κ1) is 22.6. The molecule has 0 amide bonds. The van der Waals surface area contributed by atoms with E-state index in [1.807, 2.05) is 0 Å². The van der Waals surface area contributed by atoms with Crippen molar-refractivity contribution in [2.75, 3.05) is 0 Å². The molecule has 0 radical (unpaired) electrons. The zero-order valence-electron chi connectivity index (χ0n) is 15.7. The Hall–Kier alpha value is -2.73. The molecule has 156 valence electrons. The Labute approximate surface area is 167 Å². The van der Waals surface area contributed by atoms with Crippen LogP contribution in [0.5, 0.6) is 0 Å². The molecule has 1 aliphatic carbocycles. The molecule has 2 rings (SSSR count). The standard InChI is InChI=1S/C20H19F3O5S/c1-19(2)13-5-8-17(28-29(26,27)20(21,22)23)16(19)7-4-3-6-14-9-11-15(12-10-14)18(24)25/h4,7-12,16H,5,13H2,1-2H3,(H,24,25)/b7-4+. The summed E-state index contributed by atoms with van der Waals surface area (Å²) in [6.07, 6.45) is 5.30. The number of carboxylic acid groups (broad SMARTS) is 1. The number of hydrogen-bond acceptors (Lipinski definition) is 4. The molecule has 0 aromatic heterocycles. The van der Waals surface area contributed by atoms with E-state index in [0.717, 1.165) is 0 Å². The maximum absolute atomic E-state index is 12.7. The van der Waals surface area contributed by atoms with Gasteiger partial charge in [-0.25, -0.2) is 4.79 Å². The van der Waals surface area contributed by atoms with Crippen LogP contribution in [0.15, 0.2) is 48.3 Å². The molecule has 0 bridgehead atoms. The highest BCUT2D eigenvalue weighted by Crippen LogP contribution is 2.43. The monoisotopic (exact) mass is 428 g/mol. The van der Waals surface area contributed by atoms with E-state index in [9.17, 15) is 26.4 Å². The predicted molar refractivity (Wildman–Crippen MR) is 100 cm³/mol. The molecule has 1 atom stereocenters. The van der Waals surface area contributed by atoms with Crippen LogP contribution in [0.4, 0.5) is 13.2 Å². The van der Waals surface area contributed by atoms with Crippen molar-refractivity contribution in [2.45, 2.75) is 32.2 Å². The molecular formula is C20H19F3O5S. The number of halogens is 3. The fraction of sp³-hybridized carbons (Fsp3) is 0.350. The Morgan fingerprint density at radius 2 is 1.90 bits per heavy atom. The van der Waals surface area contributed by atoms with Gasteiger partial charge >= 0.3 is 21.6 Å². The smallest absolute Gasteiger partial charge is 0.478 e. The minimum absolute atomic E-state index is 0.118. The van der Waals surface area contributed by atoms with Gasteiger partial charge in [-0.15, -0.1) is 0 Å². The number of rotatable bonds is 4. The summed E-state index contributed by atoms with van der Waals surface area (Å²) in [6.45, 7) is 3.60. The summed E-state index contributed by atoms with van der Waals surface area (Å²) < 4.78 is 65.2. The van der Waals surface area contributed by atoms with Crippen LogP contribution in [0.3, 0.4) is 0 Å². The van der Waals surface area contributed by atoms with Crippen LogP contribution in [0.25, 0.3) is 0 Å². The lowest BCUT2D eigenvalue weighted by atomic mass is 9.71. The Morgan fingerprint density at radius 1 is 1.28 bits per heavy atom. The van der Waals surface area contributed by atoms with Gasteiger partial charge in [0.05, 0.1) is 5.56 Å². The van der Waals surface area contributed by atoms with E-state index < -0.39 is 32.9 Å². The van der Waals surface area contributed by atoms with Gasteiger partial charge in [-0.1, -0.05) is 31.8 Å². The van der Waals surface area contributed by atoms with Crippen LogP contribution in [-0.4, -0.2) is 25.0 Å². The van der Waals surface area contributed by atoms with E-state index in [-0.39, 0.29) is 11.3 Å². The van der Waals surface area contributed by atoms with Gasteiger partial charge in [0.1, 0.15) is 5.76 Å². The molecule has 5 nitrogen and oxygen atoms in total. The van der Waals surface area contributed by atoms with Crippen LogP contribution in [0.1, 0.15) is 42.6 Å². The van der Waals surface area contributed by atoms with Gasteiger partial charge in [-0.3, -0.25) is 0 Å². The van der Waals surface area contributed by atoms with E-state index >= 15 is 0 Å². The molecule has 1 N–H and O–H groups in total. The molecule has 1 aromatic rings. The van der Waals surface area contributed by atoms with Gasteiger partial charge in [-0.05, 0) is 54.7 Å². The van der Waals surface area contributed by atoms with Crippen LogP contribution < -0.4 is 0 Å². The molecule has 9 heteroatoms. The van der Waals surface area contributed by atoms with Crippen molar-refractivity contribution < 1.29 is 35.7 Å². The fourth-order valence-electron chi connectivity index (χ4n) is 2.83. The summed E-state index contributed by atoms with van der Waals surface area (Å²) in [5.74, 6) is 3.45. The number of carbonyl (C=O) groups is 1. The third-order valence-electron chi connectivity index (χ3n) is 4.49. The maximum Gasteiger partial charge on any atom is 0.534 e. The Bertz CT molecular complexity index is 991. The average molecular weight is 428 g/mol. The van der Waals surface area contributed by atoms with Crippen LogP contribution in [-0.2, 0) is 14.3 Å². The molecule has 1 aliphatic rings. The van der Waals surface area contributed by atoms with Gasteiger partial charge in [0.15, 0.2) is 0 Å². The quantitative estimate of drug-likeness (QED) is 0.435. The molecule has 0 saturated heterocycles. The topological polar surface area (TPSA) is 80.7 Å². The van der Waals surface area contributed by atoms with Gasteiger partial charge in [0, 0.05) is 11.5 Å². The Morgan fingerprint density at radius 3 is 2.45 bits per heavy atom. The number of benzene rings is 1. The van der Waals surface area contributed by atoms with Crippen molar-refractivity contribution in [2.24, 2.45) is 11.3 Å². The average Bonchev–Trinajstić information content (AvgIpc) is 2.59. The summed E-state index contributed by atoms with van der Waals surface area (Å²) in [5.41, 5.74) is -5.37. The molecule has 1 aromatic carbocycles. The molecule has 0 heterocycles. The Kier molecular flexibility index (Phi) is 6.48. The second-order valence-corrected chi connectivity index (χ2v) is 8.64. The molecule has 1 unspecified atom stereocenters. The lowest BCUT2D eigenvalue weighted by molar-refractivity contribution is -0.0531. The van der Waals surface area contributed by atoms with E-state index in [0.29, 0.717) is 18.4 Å².